The van der Waals surface area contributed by atoms with Crippen LogP contribution in [-0.2, 0) is 16.6 Å². The molecule has 1 heterocycles. The molecule has 146 valence electrons. The summed E-state index contributed by atoms with van der Waals surface area (Å²) in [5.41, 5.74) is 0.323. The second-order valence-corrected chi connectivity index (χ2v) is 9.82. The van der Waals surface area contributed by atoms with E-state index in [0.29, 0.717) is 12.1 Å². The molecule has 0 atom stereocenters. The summed E-state index contributed by atoms with van der Waals surface area (Å²) in [4.78, 5) is 14.5. The van der Waals surface area contributed by atoms with Crippen LogP contribution in [0.5, 0.6) is 0 Å². The molecule has 0 aliphatic carbocycles. The third-order valence-electron chi connectivity index (χ3n) is 3.82. The first-order chi connectivity index (χ1) is 13.5. The lowest BCUT2D eigenvalue weighted by Crippen LogP contribution is -2.27. The standard InChI is InChI=1S/C20H20N2O3S3/c23-20(21-11-13-27-17-7-2-1-3-8-17)16-6-4-10-19(14-16)28(24,25)22-15-18-9-5-12-26-18/h1-10,12,14,22H,11,13,15H2,(H,21,23). The normalized spacial score (nSPS) is 11.3. The van der Waals surface area contributed by atoms with Crippen molar-refractivity contribution < 1.29 is 13.2 Å². The molecular formula is C20H20N2O3S3. The first-order valence-electron chi connectivity index (χ1n) is 8.63. The minimum atomic E-state index is -3.68. The molecule has 0 saturated heterocycles. The molecule has 1 aromatic heterocycles. The summed E-state index contributed by atoms with van der Waals surface area (Å²) in [7, 11) is -3.68. The van der Waals surface area contributed by atoms with E-state index in [9.17, 15) is 13.2 Å². The second kappa shape index (κ2) is 9.88. The zero-order chi connectivity index (χ0) is 19.8. The van der Waals surface area contributed by atoms with Crippen LogP contribution in [0, 0.1) is 0 Å². The molecule has 5 nitrogen and oxygen atoms in total. The quantitative estimate of drug-likeness (QED) is 0.399. The number of benzene rings is 2. The lowest BCUT2D eigenvalue weighted by atomic mass is 10.2. The van der Waals surface area contributed by atoms with E-state index in [1.165, 1.54) is 23.5 Å². The monoisotopic (exact) mass is 432 g/mol. The molecular weight excluding hydrogens is 412 g/mol. The van der Waals surface area contributed by atoms with Crippen LogP contribution >= 0.6 is 23.1 Å². The van der Waals surface area contributed by atoms with Crippen LogP contribution in [0.3, 0.4) is 0 Å². The van der Waals surface area contributed by atoms with Crippen LogP contribution in [-0.4, -0.2) is 26.6 Å². The van der Waals surface area contributed by atoms with Crippen LogP contribution in [0.4, 0.5) is 0 Å². The molecule has 0 unspecified atom stereocenters. The SMILES string of the molecule is O=C(NCCSc1ccccc1)c1cccc(S(=O)(=O)NCc2cccs2)c1. The number of sulfonamides is 1. The average Bonchev–Trinajstić information content (AvgIpc) is 3.24. The fourth-order valence-electron chi connectivity index (χ4n) is 2.42. The molecule has 0 aliphatic rings. The summed E-state index contributed by atoms with van der Waals surface area (Å²) in [5, 5.41) is 4.72. The van der Waals surface area contributed by atoms with E-state index in [-0.39, 0.29) is 17.3 Å². The van der Waals surface area contributed by atoms with Gasteiger partial charge in [0.05, 0.1) is 4.90 Å². The summed E-state index contributed by atoms with van der Waals surface area (Å²) >= 11 is 3.13. The number of carbonyl (C=O) groups excluding carboxylic acids is 1. The van der Waals surface area contributed by atoms with E-state index in [2.05, 4.69) is 10.0 Å². The maximum Gasteiger partial charge on any atom is 0.251 e. The van der Waals surface area contributed by atoms with Gasteiger partial charge in [0.25, 0.3) is 5.91 Å². The number of carbonyl (C=O) groups is 1. The Labute approximate surface area is 173 Å². The molecule has 0 saturated carbocycles. The zero-order valence-corrected chi connectivity index (χ0v) is 17.4. The molecule has 3 rings (SSSR count). The molecule has 2 N–H and O–H groups in total. The lowest BCUT2D eigenvalue weighted by molar-refractivity contribution is 0.0956. The number of rotatable bonds is 9. The smallest absolute Gasteiger partial charge is 0.251 e. The van der Waals surface area contributed by atoms with Gasteiger partial charge in [-0.05, 0) is 41.8 Å². The molecule has 3 aromatic rings. The van der Waals surface area contributed by atoms with Crippen LogP contribution in [0.2, 0.25) is 0 Å². The Morgan fingerprint density at radius 3 is 2.57 bits per heavy atom. The van der Waals surface area contributed by atoms with Crippen LogP contribution in [0.25, 0.3) is 0 Å². The van der Waals surface area contributed by atoms with E-state index < -0.39 is 10.0 Å². The predicted molar refractivity (Wildman–Crippen MR) is 114 cm³/mol. The zero-order valence-electron chi connectivity index (χ0n) is 15.0. The number of amides is 1. The van der Waals surface area contributed by atoms with E-state index in [1.54, 1.807) is 23.9 Å². The number of thiophene rings is 1. The van der Waals surface area contributed by atoms with Crippen molar-refractivity contribution in [2.75, 3.05) is 12.3 Å². The minimum absolute atomic E-state index is 0.0790. The molecule has 0 radical (unpaired) electrons. The first kappa shape index (κ1) is 20.6. The van der Waals surface area contributed by atoms with Gasteiger partial charge in [0.15, 0.2) is 0 Å². The van der Waals surface area contributed by atoms with Gasteiger partial charge < -0.3 is 5.32 Å². The van der Waals surface area contributed by atoms with Crippen molar-refractivity contribution in [2.24, 2.45) is 0 Å². The Hall–Kier alpha value is -2.13. The van der Waals surface area contributed by atoms with Crippen molar-refractivity contribution in [1.29, 1.82) is 0 Å². The molecule has 0 fully saturated rings. The summed E-state index contributed by atoms with van der Waals surface area (Å²) in [6.45, 7) is 0.721. The van der Waals surface area contributed by atoms with Gasteiger partial charge in [0.2, 0.25) is 10.0 Å². The van der Waals surface area contributed by atoms with Crippen molar-refractivity contribution >= 4 is 39.0 Å². The number of hydrogen-bond acceptors (Lipinski definition) is 5. The van der Waals surface area contributed by atoms with Gasteiger partial charge in [0, 0.05) is 34.2 Å². The largest absolute Gasteiger partial charge is 0.351 e. The van der Waals surface area contributed by atoms with Gasteiger partial charge in [0.1, 0.15) is 0 Å². The van der Waals surface area contributed by atoms with Gasteiger partial charge >= 0.3 is 0 Å². The van der Waals surface area contributed by atoms with E-state index in [4.69, 9.17) is 0 Å². The van der Waals surface area contributed by atoms with Gasteiger partial charge in [-0.25, -0.2) is 13.1 Å². The molecule has 0 spiro atoms. The van der Waals surface area contributed by atoms with Gasteiger partial charge in [-0.1, -0.05) is 30.3 Å². The van der Waals surface area contributed by atoms with Crippen molar-refractivity contribution in [3.05, 3.63) is 82.6 Å². The third kappa shape index (κ3) is 5.93. The highest BCUT2D eigenvalue weighted by atomic mass is 32.2. The highest BCUT2D eigenvalue weighted by Gasteiger charge is 2.16. The summed E-state index contributed by atoms with van der Waals surface area (Å²) in [6, 6.07) is 19.7. The Bertz CT molecular complexity index is 1000. The van der Waals surface area contributed by atoms with Crippen LogP contribution < -0.4 is 10.0 Å². The van der Waals surface area contributed by atoms with Crippen molar-refractivity contribution in [3.63, 3.8) is 0 Å². The van der Waals surface area contributed by atoms with Crippen LogP contribution in [0.15, 0.2) is 81.9 Å². The highest BCUT2D eigenvalue weighted by Crippen LogP contribution is 2.16. The Morgan fingerprint density at radius 2 is 1.82 bits per heavy atom. The van der Waals surface area contributed by atoms with Crippen LogP contribution in [0.1, 0.15) is 15.2 Å². The lowest BCUT2D eigenvalue weighted by Gasteiger charge is -2.09. The van der Waals surface area contributed by atoms with Gasteiger partial charge in [-0.3, -0.25) is 4.79 Å². The Balaban J connectivity index is 1.55. The van der Waals surface area contributed by atoms with Gasteiger partial charge in [-0.15, -0.1) is 23.1 Å². The molecule has 0 bridgehead atoms. The molecule has 1 amide bonds. The molecule has 8 heteroatoms. The van der Waals surface area contributed by atoms with E-state index in [0.717, 1.165) is 15.5 Å². The Kier molecular flexibility index (Phi) is 7.27. The summed E-state index contributed by atoms with van der Waals surface area (Å²) < 4.78 is 27.5. The van der Waals surface area contributed by atoms with E-state index >= 15 is 0 Å². The molecule has 2 aromatic carbocycles. The number of nitrogens with one attached hydrogen (secondary N) is 2. The minimum Gasteiger partial charge on any atom is -0.351 e. The fourth-order valence-corrected chi connectivity index (χ4v) is 5.00. The molecule has 28 heavy (non-hydrogen) atoms. The Morgan fingerprint density at radius 1 is 1.00 bits per heavy atom. The maximum absolute atomic E-state index is 12.5. The van der Waals surface area contributed by atoms with Gasteiger partial charge in [-0.2, -0.15) is 0 Å². The van der Waals surface area contributed by atoms with E-state index in [1.807, 2.05) is 47.8 Å². The number of hydrogen-bond donors (Lipinski definition) is 2. The topological polar surface area (TPSA) is 75.3 Å². The molecule has 0 aliphatic heterocycles. The number of thioether (sulfide) groups is 1. The van der Waals surface area contributed by atoms with Crippen molar-refractivity contribution in [1.82, 2.24) is 10.0 Å². The third-order valence-corrected chi connectivity index (χ3v) is 7.11. The fraction of sp³-hybridized carbons (Fsp3) is 0.150. The van der Waals surface area contributed by atoms with Crippen molar-refractivity contribution in [2.45, 2.75) is 16.3 Å². The maximum atomic E-state index is 12.5. The first-order valence-corrected chi connectivity index (χ1v) is 12.0. The van der Waals surface area contributed by atoms with Crippen molar-refractivity contribution in [3.8, 4) is 0 Å². The predicted octanol–water partition coefficient (Wildman–Crippen LogP) is 3.75. The summed E-state index contributed by atoms with van der Waals surface area (Å²) in [6.07, 6.45) is 0. The highest BCUT2D eigenvalue weighted by molar-refractivity contribution is 7.99. The summed E-state index contributed by atoms with van der Waals surface area (Å²) in [5.74, 6) is 0.444. The second-order valence-electron chi connectivity index (χ2n) is 5.85. The average molecular weight is 433 g/mol.